The van der Waals surface area contributed by atoms with Gasteiger partial charge in [0, 0.05) is 0 Å². The minimum absolute atomic E-state index is 0.272. The number of nitrogens with two attached hydrogens (primary N) is 1. The monoisotopic (exact) mass is 303 g/mol. The molecule has 21 heavy (non-hydrogen) atoms. The lowest BCUT2D eigenvalue weighted by Gasteiger charge is -2.33. The van der Waals surface area contributed by atoms with E-state index in [9.17, 15) is 9.59 Å². The van der Waals surface area contributed by atoms with Crippen molar-refractivity contribution in [3.63, 3.8) is 0 Å². The maximum Gasteiger partial charge on any atom is 0.338 e. The molecule has 0 radical (unpaired) electrons. The summed E-state index contributed by atoms with van der Waals surface area (Å²) in [4.78, 5) is 24.0. The second kappa shape index (κ2) is 6.76. The molecule has 0 aromatic heterocycles. The zero-order valence-electron chi connectivity index (χ0n) is 11.1. The third-order valence-electron chi connectivity index (χ3n) is 2.76. The van der Waals surface area contributed by atoms with E-state index in [-0.39, 0.29) is 5.88 Å². The Morgan fingerprint density at radius 1 is 0.857 bits per heavy atom. The van der Waals surface area contributed by atoms with Gasteiger partial charge >= 0.3 is 6.03 Å². The number of para-hydroxylation sites is 2. The van der Waals surface area contributed by atoms with Gasteiger partial charge in [-0.3, -0.25) is 4.79 Å². The van der Waals surface area contributed by atoms with E-state index in [0.717, 1.165) is 5.01 Å². The molecule has 108 valence electrons. The number of rotatable bonds is 3. The first kappa shape index (κ1) is 14.9. The molecule has 0 unspecified atom stereocenters. The van der Waals surface area contributed by atoms with Gasteiger partial charge in [0.2, 0.25) is 0 Å². The summed E-state index contributed by atoms with van der Waals surface area (Å²) < 4.78 is 0. The number of anilines is 2. The van der Waals surface area contributed by atoms with Crippen LogP contribution in [0.5, 0.6) is 0 Å². The van der Waals surface area contributed by atoms with Crippen LogP contribution in [0.15, 0.2) is 60.7 Å². The molecule has 3 amide bonds. The molecule has 2 aromatic carbocycles. The Morgan fingerprint density at radius 3 is 1.67 bits per heavy atom. The maximum atomic E-state index is 12.2. The Morgan fingerprint density at radius 2 is 1.29 bits per heavy atom. The zero-order valence-corrected chi connectivity index (χ0v) is 11.9. The average molecular weight is 304 g/mol. The number of hydrogen-bond donors (Lipinski definition) is 1. The van der Waals surface area contributed by atoms with Gasteiger partial charge in [-0.1, -0.05) is 36.4 Å². The Balaban J connectivity index is 2.52. The topological polar surface area (TPSA) is 66.6 Å². The van der Waals surface area contributed by atoms with E-state index >= 15 is 0 Å². The Bertz CT molecular complexity index is 619. The van der Waals surface area contributed by atoms with Gasteiger partial charge in [0.15, 0.2) is 0 Å². The molecule has 0 atom stereocenters. The Labute approximate surface area is 127 Å². The lowest BCUT2D eigenvalue weighted by molar-refractivity contribution is -0.116. The van der Waals surface area contributed by atoms with Gasteiger partial charge in [-0.25, -0.2) is 9.80 Å². The van der Waals surface area contributed by atoms with Gasteiger partial charge in [-0.2, -0.15) is 5.01 Å². The molecule has 0 bridgehead atoms. The molecule has 0 aliphatic heterocycles. The fraction of sp³-hybridized carbons (Fsp3) is 0.0667. The molecule has 0 fully saturated rings. The highest BCUT2D eigenvalue weighted by Crippen LogP contribution is 2.23. The fourth-order valence-electron chi connectivity index (χ4n) is 1.91. The minimum atomic E-state index is -0.775. The first-order valence-corrected chi connectivity index (χ1v) is 6.77. The van der Waals surface area contributed by atoms with Crippen molar-refractivity contribution in [1.29, 1.82) is 0 Å². The number of nitrogens with zero attached hydrogens (tertiary/aromatic N) is 2. The van der Waals surface area contributed by atoms with Gasteiger partial charge in [0.1, 0.15) is 5.88 Å². The highest BCUT2D eigenvalue weighted by molar-refractivity contribution is 6.30. The number of hydrazine groups is 1. The highest BCUT2D eigenvalue weighted by atomic mass is 35.5. The summed E-state index contributed by atoms with van der Waals surface area (Å²) in [6, 6.07) is 16.6. The number of primary amides is 1. The van der Waals surface area contributed by atoms with Gasteiger partial charge < -0.3 is 5.73 Å². The molecular formula is C15H14ClN3O2. The minimum Gasteiger partial charge on any atom is -0.350 e. The van der Waals surface area contributed by atoms with E-state index in [4.69, 9.17) is 17.3 Å². The van der Waals surface area contributed by atoms with Crippen LogP contribution in [0.2, 0.25) is 0 Å². The number of urea groups is 1. The quantitative estimate of drug-likeness (QED) is 0.700. The second-order valence-corrected chi connectivity index (χ2v) is 4.43. The van der Waals surface area contributed by atoms with Crippen molar-refractivity contribution in [2.24, 2.45) is 5.73 Å². The molecule has 0 spiro atoms. The molecule has 2 N–H and O–H groups in total. The standard InChI is InChI=1S/C15H14ClN3O2/c16-11-14(20)18(12-7-3-1-4-8-12)19(15(17)21)13-9-5-2-6-10-13/h1-10H,11H2,(H2,17,21). The fourth-order valence-corrected chi connectivity index (χ4v) is 2.02. The molecule has 5 nitrogen and oxygen atoms in total. The zero-order chi connectivity index (χ0) is 15.2. The van der Waals surface area contributed by atoms with E-state index < -0.39 is 11.9 Å². The number of carbonyl (C=O) groups is 2. The predicted octanol–water partition coefficient (Wildman–Crippen LogP) is 2.76. The van der Waals surface area contributed by atoms with Crippen LogP contribution in [0.1, 0.15) is 0 Å². The Hall–Kier alpha value is -2.53. The van der Waals surface area contributed by atoms with Gasteiger partial charge in [-0.15, -0.1) is 11.6 Å². The first-order chi connectivity index (χ1) is 10.1. The smallest absolute Gasteiger partial charge is 0.338 e. The van der Waals surface area contributed by atoms with E-state index in [0.29, 0.717) is 11.4 Å². The highest BCUT2D eigenvalue weighted by Gasteiger charge is 2.26. The number of benzene rings is 2. The second-order valence-electron chi connectivity index (χ2n) is 4.16. The van der Waals surface area contributed by atoms with Gasteiger partial charge in [0.25, 0.3) is 5.91 Å². The van der Waals surface area contributed by atoms with Gasteiger partial charge in [0.05, 0.1) is 11.4 Å². The molecule has 2 rings (SSSR count). The average Bonchev–Trinajstić information content (AvgIpc) is 2.53. The molecule has 0 aliphatic carbocycles. The predicted molar refractivity (Wildman–Crippen MR) is 83.2 cm³/mol. The summed E-state index contributed by atoms with van der Waals surface area (Å²) in [5, 5.41) is 2.27. The van der Waals surface area contributed by atoms with Crippen LogP contribution < -0.4 is 15.8 Å². The first-order valence-electron chi connectivity index (χ1n) is 6.23. The van der Waals surface area contributed by atoms with Crippen LogP contribution in [0.3, 0.4) is 0 Å². The van der Waals surface area contributed by atoms with Crippen molar-refractivity contribution in [3.8, 4) is 0 Å². The number of carbonyl (C=O) groups excluding carboxylic acids is 2. The number of hydrogen-bond acceptors (Lipinski definition) is 2. The lowest BCUT2D eigenvalue weighted by atomic mass is 10.3. The van der Waals surface area contributed by atoms with E-state index in [1.165, 1.54) is 5.01 Å². The van der Waals surface area contributed by atoms with E-state index in [1.807, 2.05) is 6.07 Å². The Kier molecular flexibility index (Phi) is 4.79. The van der Waals surface area contributed by atoms with E-state index in [2.05, 4.69) is 0 Å². The third-order valence-corrected chi connectivity index (χ3v) is 2.99. The molecule has 0 heterocycles. The number of amides is 3. The number of halogens is 1. The molecular weight excluding hydrogens is 290 g/mol. The van der Waals surface area contributed by atoms with Crippen molar-refractivity contribution in [2.45, 2.75) is 0 Å². The molecule has 0 aliphatic rings. The third kappa shape index (κ3) is 3.32. The van der Waals surface area contributed by atoms with Crippen LogP contribution in [0.4, 0.5) is 16.2 Å². The van der Waals surface area contributed by atoms with Crippen molar-refractivity contribution in [1.82, 2.24) is 0 Å². The largest absolute Gasteiger partial charge is 0.350 e. The summed E-state index contributed by atoms with van der Waals surface area (Å²) in [5.74, 6) is -0.726. The van der Waals surface area contributed by atoms with Crippen molar-refractivity contribution in [2.75, 3.05) is 15.9 Å². The maximum absolute atomic E-state index is 12.2. The van der Waals surface area contributed by atoms with Crippen LogP contribution in [-0.4, -0.2) is 17.8 Å². The summed E-state index contributed by atoms with van der Waals surface area (Å²) in [6.07, 6.45) is 0. The lowest BCUT2D eigenvalue weighted by Crippen LogP contribution is -2.53. The van der Waals surface area contributed by atoms with Crippen LogP contribution in [-0.2, 0) is 4.79 Å². The van der Waals surface area contributed by atoms with Gasteiger partial charge in [-0.05, 0) is 24.3 Å². The molecule has 0 saturated carbocycles. The van der Waals surface area contributed by atoms with Crippen molar-refractivity contribution >= 4 is 34.9 Å². The molecule has 0 saturated heterocycles. The summed E-state index contributed by atoms with van der Waals surface area (Å²) >= 11 is 5.66. The summed E-state index contributed by atoms with van der Waals surface area (Å²) in [6.45, 7) is 0. The normalized spacial score (nSPS) is 9.95. The van der Waals surface area contributed by atoms with Crippen molar-refractivity contribution in [3.05, 3.63) is 60.7 Å². The SMILES string of the molecule is NC(=O)N(c1ccccc1)N(C(=O)CCl)c1ccccc1. The van der Waals surface area contributed by atoms with Crippen LogP contribution >= 0.6 is 11.6 Å². The summed E-state index contributed by atoms with van der Waals surface area (Å²) in [7, 11) is 0. The van der Waals surface area contributed by atoms with E-state index in [1.54, 1.807) is 54.6 Å². The molecule has 6 heteroatoms. The number of alkyl halides is 1. The van der Waals surface area contributed by atoms with Crippen molar-refractivity contribution < 1.29 is 9.59 Å². The van der Waals surface area contributed by atoms with Crippen LogP contribution in [0, 0.1) is 0 Å². The molecule has 2 aromatic rings. The summed E-state index contributed by atoms with van der Waals surface area (Å²) in [5.41, 5.74) is 6.43. The van der Waals surface area contributed by atoms with Crippen LogP contribution in [0.25, 0.3) is 0 Å².